The van der Waals surface area contributed by atoms with Crippen molar-refractivity contribution in [2.24, 2.45) is 0 Å². The molecule has 0 aliphatic carbocycles. The van der Waals surface area contributed by atoms with Gasteiger partial charge < -0.3 is 4.52 Å². The van der Waals surface area contributed by atoms with E-state index in [9.17, 15) is 4.79 Å². The maximum absolute atomic E-state index is 11.5. The van der Waals surface area contributed by atoms with Crippen molar-refractivity contribution in [3.8, 4) is 0 Å². The number of rotatable bonds is 2. The number of nitrogens with zero attached hydrogens (tertiary/aromatic N) is 3. The Kier molecular flexibility index (Phi) is 2.20. The zero-order valence-corrected chi connectivity index (χ0v) is 8.24. The highest BCUT2D eigenvalue weighted by Gasteiger charge is 2.14. The van der Waals surface area contributed by atoms with Crippen LogP contribution < -0.4 is 5.32 Å². The van der Waals surface area contributed by atoms with E-state index >= 15 is 0 Å². The van der Waals surface area contributed by atoms with Gasteiger partial charge in [0.05, 0.1) is 5.69 Å². The van der Waals surface area contributed by atoms with E-state index in [0.29, 0.717) is 5.88 Å². The van der Waals surface area contributed by atoms with Crippen LogP contribution in [0.5, 0.6) is 0 Å². The first-order valence-corrected chi connectivity index (χ1v) is 4.28. The summed E-state index contributed by atoms with van der Waals surface area (Å²) in [5, 5.41) is 12.3. The van der Waals surface area contributed by atoms with E-state index in [1.807, 2.05) is 6.92 Å². The van der Waals surface area contributed by atoms with Gasteiger partial charge in [-0.2, -0.15) is 5.10 Å². The third-order valence-corrected chi connectivity index (χ3v) is 2.01. The molecule has 0 bridgehead atoms. The van der Waals surface area contributed by atoms with E-state index in [1.54, 1.807) is 6.92 Å². The van der Waals surface area contributed by atoms with Gasteiger partial charge in [0.25, 0.3) is 5.91 Å². The highest BCUT2D eigenvalue weighted by atomic mass is 16.5. The molecule has 2 aromatic heterocycles. The van der Waals surface area contributed by atoms with E-state index in [0.717, 1.165) is 11.3 Å². The molecule has 2 rings (SSSR count). The molecule has 7 heteroatoms. The first-order valence-electron chi connectivity index (χ1n) is 4.28. The number of aromatic nitrogens is 4. The molecule has 7 nitrogen and oxygen atoms in total. The van der Waals surface area contributed by atoms with Gasteiger partial charge in [-0.05, 0) is 13.8 Å². The Morgan fingerprint density at radius 2 is 2.33 bits per heavy atom. The van der Waals surface area contributed by atoms with Crippen LogP contribution >= 0.6 is 0 Å². The van der Waals surface area contributed by atoms with Gasteiger partial charge >= 0.3 is 0 Å². The van der Waals surface area contributed by atoms with Crippen LogP contribution in [0.4, 0.5) is 5.88 Å². The van der Waals surface area contributed by atoms with Gasteiger partial charge in [0.2, 0.25) is 11.7 Å². The van der Waals surface area contributed by atoms with Crippen molar-refractivity contribution in [3.05, 3.63) is 23.4 Å². The average molecular weight is 207 g/mol. The van der Waals surface area contributed by atoms with Crippen molar-refractivity contribution in [2.75, 3.05) is 5.32 Å². The summed E-state index contributed by atoms with van der Waals surface area (Å²) in [5.74, 6) is 0.0455. The third-order valence-electron chi connectivity index (χ3n) is 2.01. The largest absolute Gasteiger partial charge is 0.338 e. The number of hydrogen-bond donors (Lipinski definition) is 2. The minimum Gasteiger partial charge on any atom is -0.338 e. The van der Waals surface area contributed by atoms with Gasteiger partial charge in [-0.15, -0.1) is 0 Å². The van der Waals surface area contributed by atoms with Crippen molar-refractivity contribution >= 4 is 11.8 Å². The molecule has 0 aliphatic rings. The standard InChI is InChI=1S/C8H9N5O2/c1-4-5(2)13-15-8(4)11-7(14)6-9-3-10-12-6/h3H,1-2H3,(H,11,14)(H,9,10,12). The Morgan fingerprint density at radius 1 is 1.53 bits per heavy atom. The summed E-state index contributed by atoms with van der Waals surface area (Å²) in [6, 6.07) is 0. The monoisotopic (exact) mass is 207 g/mol. The molecule has 15 heavy (non-hydrogen) atoms. The minimum absolute atomic E-state index is 0.128. The molecule has 78 valence electrons. The van der Waals surface area contributed by atoms with Crippen LogP contribution in [0, 0.1) is 13.8 Å². The number of anilines is 1. The number of nitrogens with one attached hydrogen (secondary N) is 2. The van der Waals surface area contributed by atoms with Crippen LogP contribution in [0.15, 0.2) is 10.9 Å². The molecular weight excluding hydrogens is 198 g/mol. The molecule has 1 amide bonds. The molecule has 0 aromatic carbocycles. The molecule has 0 saturated carbocycles. The second-order valence-electron chi connectivity index (χ2n) is 3.01. The van der Waals surface area contributed by atoms with Crippen molar-refractivity contribution in [3.63, 3.8) is 0 Å². The SMILES string of the molecule is Cc1noc(NC(=O)c2ncn[nH]2)c1C. The van der Waals surface area contributed by atoms with Gasteiger partial charge in [0.15, 0.2) is 0 Å². The van der Waals surface area contributed by atoms with Crippen molar-refractivity contribution < 1.29 is 9.32 Å². The van der Waals surface area contributed by atoms with Crippen molar-refractivity contribution in [2.45, 2.75) is 13.8 Å². The summed E-state index contributed by atoms with van der Waals surface area (Å²) in [6.45, 7) is 3.60. The quantitative estimate of drug-likeness (QED) is 0.754. The molecule has 2 aromatic rings. The summed E-state index contributed by atoms with van der Waals surface area (Å²) in [6.07, 6.45) is 1.26. The maximum Gasteiger partial charge on any atom is 0.295 e. The highest BCUT2D eigenvalue weighted by Crippen LogP contribution is 2.17. The normalized spacial score (nSPS) is 10.3. The van der Waals surface area contributed by atoms with Crippen molar-refractivity contribution in [1.82, 2.24) is 20.3 Å². The van der Waals surface area contributed by atoms with Gasteiger partial charge in [-0.25, -0.2) is 4.98 Å². The number of amides is 1. The molecule has 0 atom stereocenters. The summed E-state index contributed by atoms with van der Waals surface area (Å²) in [5.41, 5.74) is 1.53. The van der Waals surface area contributed by atoms with E-state index in [4.69, 9.17) is 4.52 Å². The van der Waals surface area contributed by atoms with Gasteiger partial charge in [-0.1, -0.05) is 5.16 Å². The first kappa shape index (κ1) is 9.38. The number of H-pyrrole nitrogens is 1. The molecular formula is C8H9N5O2. The second-order valence-corrected chi connectivity index (χ2v) is 3.01. The fraction of sp³-hybridized carbons (Fsp3) is 0.250. The smallest absolute Gasteiger partial charge is 0.295 e. The Labute approximate surface area is 84.9 Å². The molecule has 2 heterocycles. The minimum atomic E-state index is -0.410. The number of aromatic amines is 1. The molecule has 0 unspecified atom stereocenters. The lowest BCUT2D eigenvalue weighted by Gasteiger charge is -1.97. The predicted molar refractivity (Wildman–Crippen MR) is 50.3 cm³/mol. The average Bonchev–Trinajstić information content (AvgIpc) is 2.83. The highest BCUT2D eigenvalue weighted by molar-refractivity contribution is 6.00. The molecule has 2 N–H and O–H groups in total. The molecule has 0 spiro atoms. The zero-order valence-electron chi connectivity index (χ0n) is 8.24. The number of aryl methyl sites for hydroxylation is 1. The van der Waals surface area contributed by atoms with E-state index in [2.05, 4.69) is 25.7 Å². The van der Waals surface area contributed by atoms with Crippen LogP contribution in [0.3, 0.4) is 0 Å². The molecule has 0 saturated heterocycles. The molecule has 0 aliphatic heterocycles. The summed E-state index contributed by atoms with van der Waals surface area (Å²) >= 11 is 0. The van der Waals surface area contributed by atoms with Crippen LogP contribution in [-0.2, 0) is 0 Å². The summed E-state index contributed by atoms with van der Waals surface area (Å²) in [7, 11) is 0. The van der Waals surface area contributed by atoms with E-state index in [1.165, 1.54) is 6.33 Å². The lowest BCUT2D eigenvalue weighted by atomic mass is 10.3. The van der Waals surface area contributed by atoms with E-state index in [-0.39, 0.29) is 5.82 Å². The first-order chi connectivity index (χ1) is 7.18. The van der Waals surface area contributed by atoms with Crippen LogP contribution in [0.1, 0.15) is 21.9 Å². The lowest BCUT2D eigenvalue weighted by Crippen LogP contribution is -2.13. The number of hydrogen-bond acceptors (Lipinski definition) is 5. The van der Waals surface area contributed by atoms with Crippen LogP contribution in [-0.4, -0.2) is 26.2 Å². The van der Waals surface area contributed by atoms with Gasteiger partial charge in [0.1, 0.15) is 6.33 Å². The molecule has 0 radical (unpaired) electrons. The topological polar surface area (TPSA) is 96.7 Å². The third kappa shape index (κ3) is 1.71. The number of carbonyl (C=O) groups is 1. The fourth-order valence-electron chi connectivity index (χ4n) is 1.01. The van der Waals surface area contributed by atoms with Gasteiger partial charge in [0, 0.05) is 5.56 Å². The van der Waals surface area contributed by atoms with Crippen LogP contribution in [0.25, 0.3) is 0 Å². The fourth-order valence-corrected chi connectivity index (χ4v) is 1.01. The van der Waals surface area contributed by atoms with Crippen molar-refractivity contribution in [1.29, 1.82) is 0 Å². The predicted octanol–water partition coefficient (Wildman–Crippen LogP) is 0.662. The number of carbonyl (C=O) groups excluding carboxylic acids is 1. The lowest BCUT2D eigenvalue weighted by molar-refractivity contribution is 0.101. The molecule has 0 fully saturated rings. The van der Waals surface area contributed by atoms with E-state index < -0.39 is 5.91 Å². The zero-order chi connectivity index (χ0) is 10.8. The Balaban J connectivity index is 2.16. The Morgan fingerprint density at radius 3 is 2.87 bits per heavy atom. The second kappa shape index (κ2) is 3.52. The Bertz CT molecular complexity index is 473. The summed E-state index contributed by atoms with van der Waals surface area (Å²) in [4.78, 5) is 15.2. The Hall–Kier alpha value is -2.18. The maximum atomic E-state index is 11.5. The van der Waals surface area contributed by atoms with Gasteiger partial charge in [-0.3, -0.25) is 15.2 Å². The van der Waals surface area contributed by atoms with Crippen LogP contribution in [0.2, 0.25) is 0 Å². The summed E-state index contributed by atoms with van der Waals surface area (Å²) < 4.78 is 4.92.